The zero-order chi connectivity index (χ0) is 10.7. The van der Waals surface area contributed by atoms with Crippen molar-refractivity contribution >= 4 is 16.5 Å². The van der Waals surface area contributed by atoms with Gasteiger partial charge in [0.25, 0.3) is 0 Å². The van der Waals surface area contributed by atoms with Gasteiger partial charge in [0.1, 0.15) is 0 Å². The first-order valence-corrected chi connectivity index (χ1v) is 5.16. The highest BCUT2D eigenvalue weighted by atomic mass is 16.7. The molecule has 0 N–H and O–H groups in total. The van der Waals surface area contributed by atoms with E-state index in [1.54, 1.807) is 7.11 Å². The zero-order valence-electron chi connectivity index (χ0n) is 9.10. The van der Waals surface area contributed by atoms with Crippen molar-refractivity contribution in [3.63, 3.8) is 0 Å². The van der Waals surface area contributed by atoms with E-state index < -0.39 is 0 Å². The monoisotopic (exact) mass is 201 g/mol. The van der Waals surface area contributed by atoms with E-state index in [1.165, 1.54) is 10.8 Å². The van der Waals surface area contributed by atoms with Gasteiger partial charge in [0.2, 0.25) is 0 Å². The summed E-state index contributed by atoms with van der Waals surface area (Å²) in [7, 11) is 1.70. The van der Waals surface area contributed by atoms with Crippen LogP contribution in [0.4, 0.5) is 5.69 Å². The maximum absolute atomic E-state index is 5.33. The van der Waals surface area contributed by atoms with Crippen LogP contribution in [0.5, 0.6) is 0 Å². The average molecular weight is 201 g/mol. The van der Waals surface area contributed by atoms with Crippen LogP contribution in [0.15, 0.2) is 42.5 Å². The SMILES string of the molecule is CCN(OC)c1cccc2ccccc12. The zero-order valence-corrected chi connectivity index (χ0v) is 9.10. The fourth-order valence-electron chi connectivity index (χ4n) is 1.82. The standard InChI is InChI=1S/C13H15NO/c1-3-14(15-2)13-10-6-8-11-7-4-5-9-12(11)13/h4-10H,3H2,1-2H3. The molecule has 0 aliphatic rings. The van der Waals surface area contributed by atoms with E-state index in [1.807, 2.05) is 5.06 Å². The van der Waals surface area contributed by atoms with Crippen LogP contribution in [0, 0.1) is 0 Å². The smallest absolute Gasteiger partial charge is 0.0714 e. The van der Waals surface area contributed by atoms with Gasteiger partial charge in [-0.05, 0) is 18.4 Å². The van der Waals surface area contributed by atoms with Crippen molar-refractivity contribution in [2.45, 2.75) is 6.92 Å². The quantitative estimate of drug-likeness (QED) is 0.707. The molecule has 0 unspecified atom stereocenters. The van der Waals surface area contributed by atoms with Crippen LogP contribution in [0.2, 0.25) is 0 Å². The summed E-state index contributed by atoms with van der Waals surface area (Å²) in [5.74, 6) is 0. The minimum atomic E-state index is 0.838. The number of hydroxylamine groups is 1. The average Bonchev–Trinajstić information content (AvgIpc) is 2.31. The third-order valence-corrected chi connectivity index (χ3v) is 2.54. The molecule has 0 saturated carbocycles. The third-order valence-electron chi connectivity index (χ3n) is 2.54. The molecular formula is C13H15NO. The van der Waals surface area contributed by atoms with E-state index in [4.69, 9.17) is 4.84 Å². The van der Waals surface area contributed by atoms with Crippen LogP contribution in [0.3, 0.4) is 0 Å². The maximum atomic E-state index is 5.33. The highest BCUT2D eigenvalue weighted by Crippen LogP contribution is 2.26. The molecule has 0 fully saturated rings. The molecule has 0 amide bonds. The van der Waals surface area contributed by atoms with Crippen molar-refractivity contribution < 1.29 is 4.84 Å². The molecule has 0 atom stereocenters. The molecule has 2 heteroatoms. The van der Waals surface area contributed by atoms with Gasteiger partial charge in [-0.3, -0.25) is 9.90 Å². The lowest BCUT2D eigenvalue weighted by atomic mass is 10.1. The highest BCUT2D eigenvalue weighted by Gasteiger charge is 2.06. The van der Waals surface area contributed by atoms with Gasteiger partial charge in [0.05, 0.1) is 12.8 Å². The maximum Gasteiger partial charge on any atom is 0.0714 e. The molecule has 78 valence electrons. The summed E-state index contributed by atoms with van der Waals surface area (Å²) in [4.78, 5) is 5.33. The summed E-state index contributed by atoms with van der Waals surface area (Å²) in [6, 6.07) is 14.6. The summed E-state index contributed by atoms with van der Waals surface area (Å²) in [5, 5.41) is 4.36. The van der Waals surface area contributed by atoms with E-state index in [9.17, 15) is 0 Å². The number of rotatable bonds is 3. The summed E-state index contributed by atoms with van der Waals surface area (Å²) in [6.45, 7) is 2.91. The van der Waals surface area contributed by atoms with Gasteiger partial charge < -0.3 is 0 Å². The normalized spacial score (nSPS) is 10.5. The Kier molecular flexibility index (Phi) is 2.88. The van der Waals surface area contributed by atoms with Crippen LogP contribution < -0.4 is 5.06 Å². The molecule has 2 aromatic carbocycles. The van der Waals surface area contributed by atoms with Crippen molar-refractivity contribution in [3.05, 3.63) is 42.5 Å². The molecule has 2 nitrogen and oxygen atoms in total. The Morgan fingerprint density at radius 2 is 1.80 bits per heavy atom. The molecule has 0 bridgehead atoms. The molecule has 0 aromatic heterocycles. The van der Waals surface area contributed by atoms with Gasteiger partial charge in [0, 0.05) is 11.9 Å². The number of hydrogen-bond acceptors (Lipinski definition) is 2. The van der Waals surface area contributed by atoms with Gasteiger partial charge in [-0.25, -0.2) is 0 Å². The second-order valence-electron chi connectivity index (χ2n) is 3.38. The predicted octanol–water partition coefficient (Wildman–Crippen LogP) is 3.23. The summed E-state index contributed by atoms with van der Waals surface area (Å²) in [6.07, 6.45) is 0. The van der Waals surface area contributed by atoms with Crippen LogP contribution in [0.1, 0.15) is 6.92 Å². The summed E-state index contributed by atoms with van der Waals surface area (Å²) in [5.41, 5.74) is 1.12. The molecule has 0 heterocycles. The minimum Gasteiger partial charge on any atom is -0.277 e. The van der Waals surface area contributed by atoms with Gasteiger partial charge in [0.15, 0.2) is 0 Å². The largest absolute Gasteiger partial charge is 0.277 e. The fourth-order valence-corrected chi connectivity index (χ4v) is 1.82. The molecule has 0 radical (unpaired) electrons. The van der Waals surface area contributed by atoms with Gasteiger partial charge in [-0.1, -0.05) is 36.4 Å². The Morgan fingerprint density at radius 3 is 2.53 bits per heavy atom. The first-order chi connectivity index (χ1) is 7.36. The van der Waals surface area contributed by atoms with E-state index in [-0.39, 0.29) is 0 Å². The van der Waals surface area contributed by atoms with Crippen molar-refractivity contribution in [3.8, 4) is 0 Å². The third kappa shape index (κ3) is 1.81. The van der Waals surface area contributed by atoms with Gasteiger partial charge in [-0.15, -0.1) is 0 Å². The van der Waals surface area contributed by atoms with E-state index in [0.29, 0.717) is 0 Å². The molecule has 0 spiro atoms. The second kappa shape index (κ2) is 4.32. The van der Waals surface area contributed by atoms with Crippen molar-refractivity contribution in [2.24, 2.45) is 0 Å². The number of hydrogen-bond donors (Lipinski definition) is 0. The van der Waals surface area contributed by atoms with Crippen molar-refractivity contribution in [1.29, 1.82) is 0 Å². The fraction of sp³-hybridized carbons (Fsp3) is 0.231. The lowest BCUT2D eigenvalue weighted by Crippen LogP contribution is -2.20. The predicted molar refractivity (Wildman–Crippen MR) is 64.0 cm³/mol. The van der Waals surface area contributed by atoms with Gasteiger partial charge >= 0.3 is 0 Å². The highest BCUT2D eigenvalue weighted by molar-refractivity contribution is 5.93. The first-order valence-electron chi connectivity index (χ1n) is 5.16. The molecular weight excluding hydrogens is 186 g/mol. The van der Waals surface area contributed by atoms with Crippen molar-refractivity contribution in [1.82, 2.24) is 0 Å². The Hall–Kier alpha value is -1.54. The topological polar surface area (TPSA) is 12.5 Å². The summed E-state index contributed by atoms with van der Waals surface area (Å²) < 4.78 is 0. The minimum absolute atomic E-state index is 0.838. The molecule has 15 heavy (non-hydrogen) atoms. The van der Waals surface area contributed by atoms with Crippen LogP contribution in [-0.2, 0) is 4.84 Å². The van der Waals surface area contributed by atoms with E-state index in [0.717, 1.165) is 12.2 Å². The van der Waals surface area contributed by atoms with Crippen LogP contribution in [0.25, 0.3) is 10.8 Å². The molecule has 2 aromatic rings. The van der Waals surface area contributed by atoms with Crippen molar-refractivity contribution in [2.75, 3.05) is 18.7 Å². The number of nitrogens with zero attached hydrogens (tertiary/aromatic N) is 1. The van der Waals surface area contributed by atoms with Crippen LogP contribution in [-0.4, -0.2) is 13.7 Å². The van der Waals surface area contributed by atoms with Crippen LogP contribution >= 0.6 is 0 Å². The molecule has 0 aliphatic carbocycles. The second-order valence-corrected chi connectivity index (χ2v) is 3.38. The lowest BCUT2D eigenvalue weighted by molar-refractivity contribution is 0.171. The molecule has 0 saturated heterocycles. The van der Waals surface area contributed by atoms with E-state index >= 15 is 0 Å². The first kappa shape index (κ1) is 9.99. The Bertz CT molecular complexity index is 444. The Morgan fingerprint density at radius 1 is 1.07 bits per heavy atom. The van der Waals surface area contributed by atoms with Gasteiger partial charge in [-0.2, -0.15) is 0 Å². The number of fused-ring (bicyclic) bond motifs is 1. The Labute approximate surface area is 90.0 Å². The lowest BCUT2D eigenvalue weighted by Gasteiger charge is -2.21. The molecule has 0 aliphatic heterocycles. The van der Waals surface area contributed by atoms with E-state index in [2.05, 4.69) is 49.4 Å². The number of benzene rings is 2. The molecule has 2 rings (SSSR count). The Balaban J connectivity index is 2.59. The number of anilines is 1. The summed E-state index contributed by atoms with van der Waals surface area (Å²) >= 11 is 0.